The lowest BCUT2D eigenvalue weighted by Crippen LogP contribution is -2.42. The zero-order valence-electron chi connectivity index (χ0n) is 19.4. The molecule has 4 rings (SSSR count). The number of Topliss-reactive ketones (excluding diaryl/α,β-unsaturated/α-hetero) is 1. The van der Waals surface area contributed by atoms with E-state index in [9.17, 15) is 9.59 Å². The van der Waals surface area contributed by atoms with Gasteiger partial charge in [0.1, 0.15) is 13.2 Å². The van der Waals surface area contributed by atoms with E-state index in [0.717, 1.165) is 16.7 Å². The van der Waals surface area contributed by atoms with Crippen molar-refractivity contribution < 1.29 is 14.3 Å². The van der Waals surface area contributed by atoms with E-state index in [4.69, 9.17) is 4.74 Å². The second-order valence-corrected chi connectivity index (χ2v) is 8.07. The van der Waals surface area contributed by atoms with Crippen molar-refractivity contribution in [1.29, 1.82) is 0 Å². The molecular weight excluding hydrogens is 442 g/mol. The molecule has 0 aliphatic rings. The van der Waals surface area contributed by atoms with Gasteiger partial charge in [-0.05, 0) is 28.3 Å². The Morgan fingerprint density at radius 2 is 1.46 bits per heavy atom. The molecule has 4 aromatic rings. The molecule has 178 valence electrons. The number of hydrogen-bond acceptors (Lipinski definition) is 6. The Balaban J connectivity index is 1.42. The van der Waals surface area contributed by atoms with Crippen molar-refractivity contribution in [2.24, 2.45) is 0 Å². The Morgan fingerprint density at radius 3 is 2.03 bits per heavy atom. The summed E-state index contributed by atoms with van der Waals surface area (Å²) in [6.07, 6.45) is -0.230. The van der Waals surface area contributed by atoms with Crippen molar-refractivity contribution in [1.82, 2.24) is 25.5 Å². The van der Waals surface area contributed by atoms with Crippen LogP contribution in [-0.4, -0.2) is 38.1 Å². The minimum atomic E-state index is -0.716. The molecule has 1 amide bonds. The smallest absolute Gasteiger partial charge is 0.408 e. The molecule has 0 radical (unpaired) electrons. The maximum atomic E-state index is 12.9. The number of carbonyl (C=O) groups excluding carboxylic acids is 2. The van der Waals surface area contributed by atoms with Crippen LogP contribution >= 0.6 is 0 Å². The molecule has 1 atom stereocenters. The highest BCUT2D eigenvalue weighted by Crippen LogP contribution is 2.28. The van der Waals surface area contributed by atoms with Gasteiger partial charge in [-0.2, -0.15) is 4.80 Å². The molecular formula is C27H27N5O3. The standard InChI is InChI=1S/C27H27N5O3/c1-2-23(28-27(34)35-19-20-12-6-3-7-13-20)24(33)18-32-30-26(29-31-32)25(21-14-8-4-9-15-21)22-16-10-5-11-17-22/h3-17,23,25H,2,18-19H2,1H3,(H,28,34). The quantitative estimate of drug-likeness (QED) is 0.375. The van der Waals surface area contributed by atoms with Gasteiger partial charge in [0.25, 0.3) is 0 Å². The number of aromatic nitrogens is 4. The Hall–Kier alpha value is -4.33. The number of hydrogen-bond donors (Lipinski definition) is 1. The fourth-order valence-corrected chi connectivity index (χ4v) is 3.79. The van der Waals surface area contributed by atoms with Gasteiger partial charge in [-0.25, -0.2) is 4.79 Å². The average Bonchev–Trinajstić information content (AvgIpc) is 3.35. The Morgan fingerprint density at radius 1 is 0.886 bits per heavy atom. The minimum Gasteiger partial charge on any atom is -0.445 e. The fourth-order valence-electron chi connectivity index (χ4n) is 3.79. The SMILES string of the molecule is CCC(NC(=O)OCc1ccccc1)C(=O)Cn1nnc(C(c2ccccc2)c2ccccc2)n1. The van der Waals surface area contributed by atoms with Gasteiger partial charge in [-0.3, -0.25) is 4.79 Å². The number of nitrogens with one attached hydrogen (secondary N) is 1. The topological polar surface area (TPSA) is 99.0 Å². The van der Waals surface area contributed by atoms with Crippen molar-refractivity contribution in [3.8, 4) is 0 Å². The van der Waals surface area contributed by atoms with E-state index in [-0.39, 0.29) is 24.9 Å². The van der Waals surface area contributed by atoms with Crippen molar-refractivity contribution in [3.63, 3.8) is 0 Å². The average molecular weight is 470 g/mol. The summed E-state index contributed by atoms with van der Waals surface area (Å²) < 4.78 is 5.24. The van der Waals surface area contributed by atoms with E-state index in [0.29, 0.717) is 12.2 Å². The molecule has 1 heterocycles. The molecule has 1 N–H and O–H groups in total. The van der Waals surface area contributed by atoms with E-state index in [1.165, 1.54) is 4.80 Å². The molecule has 0 saturated heterocycles. The van der Waals surface area contributed by atoms with Gasteiger partial charge in [0.05, 0.1) is 12.0 Å². The summed E-state index contributed by atoms with van der Waals surface area (Å²) in [5.41, 5.74) is 2.92. The van der Waals surface area contributed by atoms with Crippen molar-refractivity contribution in [2.45, 2.75) is 38.5 Å². The minimum absolute atomic E-state index is 0.110. The predicted molar refractivity (Wildman–Crippen MR) is 130 cm³/mol. The van der Waals surface area contributed by atoms with E-state index in [1.807, 2.05) is 97.9 Å². The zero-order valence-corrected chi connectivity index (χ0v) is 19.4. The molecule has 35 heavy (non-hydrogen) atoms. The predicted octanol–water partition coefficient (Wildman–Crippen LogP) is 4.13. The number of ketones is 1. The summed E-state index contributed by atoms with van der Waals surface area (Å²) in [6, 6.07) is 28.5. The first-order chi connectivity index (χ1) is 17.1. The number of nitrogens with zero attached hydrogens (tertiary/aromatic N) is 4. The van der Waals surface area contributed by atoms with E-state index < -0.39 is 12.1 Å². The molecule has 8 heteroatoms. The van der Waals surface area contributed by atoms with Gasteiger partial charge in [0.2, 0.25) is 0 Å². The summed E-state index contributed by atoms with van der Waals surface area (Å²) in [6.45, 7) is 1.84. The highest BCUT2D eigenvalue weighted by atomic mass is 16.5. The van der Waals surface area contributed by atoms with E-state index in [2.05, 4.69) is 20.7 Å². The molecule has 8 nitrogen and oxygen atoms in total. The molecule has 0 saturated carbocycles. The molecule has 0 spiro atoms. The van der Waals surface area contributed by atoms with Crippen LogP contribution in [0.4, 0.5) is 4.79 Å². The third-order valence-corrected chi connectivity index (χ3v) is 5.59. The molecule has 0 aliphatic carbocycles. The number of amides is 1. The molecule has 0 fully saturated rings. The van der Waals surface area contributed by atoms with Gasteiger partial charge in [-0.15, -0.1) is 10.2 Å². The molecule has 1 unspecified atom stereocenters. The lowest BCUT2D eigenvalue weighted by molar-refractivity contribution is -0.122. The Kier molecular flexibility index (Phi) is 7.96. The first kappa shape index (κ1) is 23.8. The number of tetrazole rings is 1. The summed E-state index contributed by atoms with van der Waals surface area (Å²) in [5, 5.41) is 15.5. The summed E-state index contributed by atoms with van der Waals surface area (Å²) >= 11 is 0. The number of ether oxygens (including phenoxy) is 1. The normalized spacial score (nSPS) is 11.7. The monoisotopic (exact) mass is 469 g/mol. The van der Waals surface area contributed by atoms with Crippen molar-refractivity contribution >= 4 is 11.9 Å². The molecule has 0 aliphatic heterocycles. The summed E-state index contributed by atoms with van der Waals surface area (Å²) in [4.78, 5) is 26.4. The lowest BCUT2D eigenvalue weighted by Gasteiger charge is -2.15. The van der Waals surface area contributed by atoms with Crippen LogP contribution in [0.2, 0.25) is 0 Å². The van der Waals surface area contributed by atoms with Crippen LogP contribution in [0.5, 0.6) is 0 Å². The molecule has 1 aromatic heterocycles. The Bertz CT molecular complexity index is 1190. The second kappa shape index (κ2) is 11.7. The van der Waals surface area contributed by atoms with Crippen LogP contribution in [0.15, 0.2) is 91.0 Å². The van der Waals surface area contributed by atoms with Crippen molar-refractivity contribution in [3.05, 3.63) is 114 Å². The van der Waals surface area contributed by atoms with Gasteiger partial charge in [0, 0.05) is 0 Å². The maximum Gasteiger partial charge on any atom is 0.408 e. The maximum absolute atomic E-state index is 12.9. The van der Waals surface area contributed by atoms with Crippen LogP contribution in [0, 0.1) is 0 Å². The Labute approximate surface area is 203 Å². The largest absolute Gasteiger partial charge is 0.445 e. The van der Waals surface area contributed by atoms with Crippen molar-refractivity contribution in [2.75, 3.05) is 0 Å². The van der Waals surface area contributed by atoms with Gasteiger partial charge < -0.3 is 10.1 Å². The van der Waals surface area contributed by atoms with Crippen LogP contribution in [0.1, 0.15) is 41.8 Å². The second-order valence-electron chi connectivity index (χ2n) is 8.07. The van der Waals surface area contributed by atoms with Crippen LogP contribution in [0.25, 0.3) is 0 Å². The van der Waals surface area contributed by atoms with Gasteiger partial charge >= 0.3 is 6.09 Å². The van der Waals surface area contributed by atoms with Crippen LogP contribution < -0.4 is 5.32 Å². The number of benzene rings is 3. The van der Waals surface area contributed by atoms with Gasteiger partial charge in [-0.1, -0.05) is 97.9 Å². The third-order valence-electron chi connectivity index (χ3n) is 5.59. The summed E-state index contributed by atoms with van der Waals surface area (Å²) in [5.74, 6) is 0.0527. The van der Waals surface area contributed by atoms with E-state index in [1.54, 1.807) is 0 Å². The number of carbonyl (C=O) groups is 2. The summed E-state index contributed by atoms with van der Waals surface area (Å²) in [7, 11) is 0. The first-order valence-corrected chi connectivity index (χ1v) is 11.5. The number of alkyl carbamates (subject to hydrolysis) is 1. The van der Waals surface area contributed by atoms with Gasteiger partial charge in [0.15, 0.2) is 11.6 Å². The number of rotatable bonds is 10. The lowest BCUT2D eigenvalue weighted by atomic mass is 9.91. The fraction of sp³-hybridized carbons (Fsp3) is 0.222. The molecule has 0 bridgehead atoms. The zero-order chi connectivity index (χ0) is 24.5. The highest BCUT2D eigenvalue weighted by molar-refractivity contribution is 5.87. The van der Waals surface area contributed by atoms with Crippen LogP contribution in [-0.2, 0) is 22.7 Å². The molecule has 3 aromatic carbocycles. The first-order valence-electron chi connectivity index (χ1n) is 11.5. The highest BCUT2D eigenvalue weighted by Gasteiger charge is 2.24. The van der Waals surface area contributed by atoms with E-state index >= 15 is 0 Å². The van der Waals surface area contributed by atoms with Crippen LogP contribution in [0.3, 0.4) is 0 Å². The third kappa shape index (κ3) is 6.38.